The molecule has 3 heteroatoms. The van der Waals surface area contributed by atoms with E-state index in [1.165, 1.54) is 33.4 Å². The van der Waals surface area contributed by atoms with E-state index in [0.717, 1.165) is 38.2 Å². The molecule has 2 aromatic carbocycles. The molecular formula is C27H33NO2. The van der Waals surface area contributed by atoms with Crippen LogP contribution in [0.4, 0.5) is 0 Å². The summed E-state index contributed by atoms with van der Waals surface area (Å²) < 4.78 is 5.82. The third-order valence-corrected chi connectivity index (χ3v) is 7.05. The van der Waals surface area contributed by atoms with E-state index < -0.39 is 0 Å². The fraction of sp³-hybridized carbons (Fsp3) is 0.444. The summed E-state index contributed by atoms with van der Waals surface area (Å²) in [4.78, 5) is 14.1. The van der Waals surface area contributed by atoms with Crippen LogP contribution in [0.25, 0.3) is 5.57 Å². The van der Waals surface area contributed by atoms with Crippen molar-refractivity contribution in [3.63, 3.8) is 0 Å². The second-order valence-electron chi connectivity index (χ2n) is 9.34. The van der Waals surface area contributed by atoms with Gasteiger partial charge in [-0.3, -0.25) is 4.79 Å². The number of carbonyl (C=O) groups is 1. The summed E-state index contributed by atoms with van der Waals surface area (Å²) in [5, 5.41) is 0. The van der Waals surface area contributed by atoms with Crippen LogP contribution in [-0.2, 0) is 10.2 Å². The first kappa shape index (κ1) is 20.9. The van der Waals surface area contributed by atoms with Crippen LogP contribution >= 0.6 is 0 Å². The van der Waals surface area contributed by atoms with Gasteiger partial charge in [0.1, 0.15) is 11.5 Å². The molecule has 4 rings (SSSR count). The van der Waals surface area contributed by atoms with Crippen LogP contribution in [0, 0.1) is 5.92 Å². The minimum atomic E-state index is -0.111. The van der Waals surface area contributed by atoms with E-state index in [1.807, 2.05) is 6.92 Å². The molecule has 2 aliphatic rings. The van der Waals surface area contributed by atoms with E-state index in [2.05, 4.69) is 61.2 Å². The van der Waals surface area contributed by atoms with Crippen molar-refractivity contribution in [1.82, 2.24) is 4.90 Å². The van der Waals surface area contributed by atoms with E-state index in [-0.39, 0.29) is 17.1 Å². The van der Waals surface area contributed by atoms with Gasteiger partial charge in [-0.2, -0.15) is 0 Å². The van der Waals surface area contributed by atoms with Gasteiger partial charge in [-0.25, -0.2) is 0 Å². The van der Waals surface area contributed by atoms with Crippen molar-refractivity contribution in [1.29, 1.82) is 0 Å². The number of Topliss-reactive ketones (excluding diaryl/α,β-unsaturated/α-hetero) is 1. The van der Waals surface area contributed by atoms with Crippen molar-refractivity contribution in [3.05, 3.63) is 70.3 Å². The average Bonchev–Trinajstić information content (AvgIpc) is 2.74. The smallest absolute Gasteiger partial charge is 0.133 e. The Bertz CT molecular complexity index is 992. The van der Waals surface area contributed by atoms with Gasteiger partial charge in [-0.1, -0.05) is 62.7 Å². The van der Waals surface area contributed by atoms with Gasteiger partial charge in [0.2, 0.25) is 0 Å². The Balaban J connectivity index is 1.78. The van der Waals surface area contributed by atoms with Crippen molar-refractivity contribution in [3.8, 4) is 5.75 Å². The monoisotopic (exact) mass is 403 g/mol. The Hall–Kier alpha value is -2.39. The van der Waals surface area contributed by atoms with Crippen LogP contribution < -0.4 is 4.74 Å². The molecule has 158 valence electrons. The van der Waals surface area contributed by atoms with Crippen molar-refractivity contribution < 1.29 is 9.53 Å². The number of rotatable bonds is 4. The number of hydrogen-bond acceptors (Lipinski definition) is 3. The number of benzene rings is 2. The van der Waals surface area contributed by atoms with Gasteiger partial charge in [-0.05, 0) is 48.1 Å². The maximum atomic E-state index is 11.7. The first-order valence-electron chi connectivity index (χ1n) is 11.1. The van der Waals surface area contributed by atoms with Gasteiger partial charge in [0.15, 0.2) is 0 Å². The number of nitrogens with zero attached hydrogens (tertiary/aromatic N) is 1. The lowest BCUT2D eigenvalue weighted by Crippen LogP contribution is -2.36. The average molecular weight is 404 g/mol. The third-order valence-electron chi connectivity index (χ3n) is 7.05. The summed E-state index contributed by atoms with van der Waals surface area (Å²) in [6.45, 7) is 11.3. The lowest BCUT2D eigenvalue weighted by Gasteiger charge is -2.39. The van der Waals surface area contributed by atoms with Crippen LogP contribution in [0.5, 0.6) is 5.75 Å². The summed E-state index contributed by atoms with van der Waals surface area (Å²) in [5.74, 6) is 1.36. The molecule has 1 unspecified atom stereocenters. The Morgan fingerprint density at radius 2 is 1.73 bits per heavy atom. The van der Waals surface area contributed by atoms with Gasteiger partial charge >= 0.3 is 0 Å². The largest absolute Gasteiger partial charge is 0.496 e. The van der Waals surface area contributed by atoms with E-state index in [9.17, 15) is 4.79 Å². The lowest BCUT2D eigenvalue weighted by molar-refractivity contribution is -0.120. The molecule has 3 nitrogen and oxygen atoms in total. The van der Waals surface area contributed by atoms with E-state index in [0.29, 0.717) is 0 Å². The SMILES string of the molecule is COc1cccc2c1C(C)(C)c1ccccc1C2=C1CCN(CC(C)C(C)=O)CC1. The Kier molecular flexibility index (Phi) is 5.59. The van der Waals surface area contributed by atoms with Crippen molar-refractivity contribution in [2.75, 3.05) is 26.7 Å². The van der Waals surface area contributed by atoms with Crippen molar-refractivity contribution >= 4 is 11.4 Å². The molecular weight excluding hydrogens is 370 g/mol. The maximum absolute atomic E-state index is 11.7. The number of carbonyl (C=O) groups excluding carboxylic acids is 1. The highest BCUT2D eigenvalue weighted by Gasteiger charge is 2.38. The molecule has 1 fully saturated rings. The van der Waals surface area contributed by atoms with Crippen LogP contribution in [0.1, 0.15) is 62.8 Å². The lowest BCUT2D eigenvalue weighted by atomic mass is 9.65. The van der Waals surface area contributed by atoms with Gasteiger partial charge in [0.25, 0.3) is 0 Å². The van der Waals surface area contributed by atoms with E-state index in [4.69, 9.17) is 4.74 Å². The number of fused-ring (bicyclic) bond motifs is 2. The number of hydrogen-bond donors (Lipinski definition) is 0. The summed E-state index contributed by atoms with van der Waals surface area (Å²) in [7, 11) is 1.77. The molecule has 0 saturated carbocycles. The molecule has 0 aromatic heterocycles. The Morgan fingerprint density at radius 3 is 2.40 bits per heavy atom. The Morgan fingerprint density at radius 1 is 1.07 bits per heavy atom. The predicted molar refractivity (Wildman–Crippen MR) is 123 cm³/mol. The highest BCUT2D eigenvalue weighted by atomic mass is 16.5. The minimum Gasteiger partial charge on any atom is -0.496 e. The molecule has 0 amide bonds. The molecule has 0 radical (unpaired) electrons. The van der Waals surface area contributed by atoms with Gasteiger partial charge in [0.05, 0.1) is 7.11 Å². The van der Waals surface area contributed by atoms with Gasteiger partial charge in [-0.15, -0.1) is 0 Å². The van der Waals surface area contributed by atoms with Crippen LogP contribution in [0.2, 0.25) is 0 Å². The number of methoxy groups -OCH3 is 1. The van der Waals surface area contributed by atoms with Crippen LogP contribution in [0.15, 0.2) is 48.0 Å². The molecule has 1 aliphatic carbocycles. The second-order valence-corrected chi connectivity index (χ2v) is 9.34. The van der Waals surface area contributed by atoms with E-state index >= 15 is 0 Å². The Labute approximate surface area is 180 Å². The maximum Gasteiger partial charge on any atom is 0.133 e. The summed E-state index contributed by atoms with van der Waals surface area (Å²) in [5.41, 5.74) is 8.17. The quantitative estimate of drug-likeness (QED) is 0.679. The summed E-state index contributed by atoms with van der Waals surface area (Å²) in [6.07, 6.45) is 2.09. The number of ketones is 1. The molecule has 1 saturated heterocycles. The van der Waals surface area contributed by atoms with Gasteiger partial charge in [0, 0.05) is 36.5 Å². The fourth-order valence-electron chi connectivity index (χ4n) is 5.23. The highest BCUT2D eigenvalue weighted by Crippen LogP contribution is 2.51. The number of likely N-dealkylation sites (tertiary alicyclic amines) is 1. The second kappa shape index (κ2) is 8.03. The standard InChI is InChI=1S/C27H33NO2/c1-18(19(2)29)17-28-15-13-20(14-16-28)25-21-9-6-7-11-23(21)27(3,4)26-22(25)10-8-12-24(26)30-5/h6-12,18H,13-17H2,1-5H3. The zero-order chi connectivity index (χ0) is 21.5. The molecule has 1 heterocycles. The van der Waals surface area contributed by atoms with Crippen molar-refractivity contribution in [2.24, 2.45) is 5.92 Å². The van der Waals surface area contributed by atoms with Crippen molar-refractivity contribution in [2.45, 2.75) is 46.0 Å². The minimum absolute atomic E-state index is 0.111. The first-order valence-corrected chi connectivity index (χ1v) is 11.1. The molecule has 2 aromatic rings. The molecule has 1 aliphatic heterocycles. The van der Waals surface area contributed by atoms with Gasteiger partial charge < -0.3 is 9.64 Å². The topological polar surface area (TPSA) is 29.5 Å². The molecule has 0 bridgehead atoms. The van der Waals surface area contributed by atoms with E-state index in [1.54, 1.807) is 14.0 Å². The summed E-state index contributed by atoms with van der Waals surface area (Å²) in [6, 6.07) is 15.3. The first-order chi connectivity index (χ1) is 14.3. The predicted octanol–water partition coefficient (Wildman–Crippen LogP) is 5.46. The summed E-state index contributed by atoms with van der Waals surface area (Å²) >= 11 is 0. The normalized spacial score (nSPS) is 19.1. The zero-order valence-electron chi connectivity index (χ0n) is 18.9. The number of piperidine rings is 1. The third kappa shape index (κ3) is 3.50. The molecule has 30 heavy (non-hydrogen) atoms. The molecule has 1 atom stereocenters. The zero-order valence-corrected chi connectivity index (χ0v) is 18.9. The fourth-order valence-corrected chi connectivity index (χ4v) is 5.23. The molecule has 0 N–H and O–H groups in total. The van der Waals surface area contributed by atoms with Crippen LogP contribution in [0.3, 0.4) is 0 Å². The number of ether oxygens (including phenoxy) is 1. The highest BCUT2D eigenvalue weighted by molar-refractivity contribution is 5.90. The molecule has 0 spiro atoms. The van der Waals surface area contributed by atoms with Crippen LogP contribution in [-0.4, -0.2) is 37.4 Å².